The lowest BCUT2D eigenvalue weighted by Crippen LogP contribution is -2.22. The molecule has 0 fully saturated rings. The van der Waals surface area contributed by atoms with Crippen LogP contribution in [-0.4, -0.2) is 17.6 Å². The van der Waals surface area contributed by atoms with Crippen molar-refractivity contribution in [3.63, 3.8) is 0 Å². The third-order valence-corrected chi connectivity index (χ3v) is 2.60. The Morgan fingerprint density at radius 3 is 2.79 bits per heavy atom. The van der Waals surface area contributed by atoms with Gasteiger partial charge < -0.3 is 15.2 Å². The molecule has 0 saturated carbocycles. The van der Waals surface area contributed by atoms with E-state index in [-0.39, 0.29) is 5.91 Å². The van der Waals surface area contributed by atoms with Crippen LogP contribution in [0.15, 0.2) is 40.9 Å². The zero-order chi connectivity index (χ0) is 13.5. The minimum absolute atomic E-state index is 0.208. The van der Waals surface area contributed by atoms with Gasteiger partial charge in [0.25, 0.3) is 5.91 Å². The van der Waals surface area contributed by atoms with Gasteiger partial charge in [0.15, 0.2) is 11.5 Å². The number of benzene rings is 1. The van der Waals surface area contributed by atoms with Gasteiger partial charge in [-0.3, -0.25) is 4.79 Å². The summed E-state index contributed by atoms with van der Waals surface area (Å²) in [7, 11) is 0. The Hall–Kier alpha value is -2.14. The van der Waals surface area contributed by atoms with Crippen molar-refractivity contribution in [3.8, 4) is 0 Å². The van der Waals surface area contributed by atoms with Crippen LogP contribution in [0.2, 0.25) is 0 Å². The Balaban J connectivity index is 1.82. The van der Waals surface area contributed by atoms with Gasteiger partial charge in [0.05, 0.1) is 6.54 Å². The van der Waals surface area contributed by atoms with Crippen molar-refractivity contribution in [2.24, 2.45) is 0 Å². The van der Waals surface area contributed by atoms with Crippen LogP contribution in [0.5, 0.6) is 0 Å². The lowest BCUT2D eigenvalue weighted by atomic mass is 10.2. The highest BCUT2D eigenvalue weighted by atomic mass is 16.5. The highest BCUT2D eigenvalue weighted by Crippen LogP contribution is 2.04. The molecule has 5 heteroatoms. The quantitative estimate of drug-likeness (QED) is 0.828. The third-order valence-electron chi connectivity index (χ3n) is 2.60. The lowest BCUT2D eigenvalue weighted by Gasteiger charge is -2.01. The van der Waals surface area contributed by atoms with E-state index in [0.717, 1.165) is 6.54 Å². The standard InChI is InChI=1S/C14H17N3O2/c1-2-16-14(18)13-8-12(19-17-13)10-15-9-11-6-4-3-5-7-11/h3-8,15H,2,9-10H2,1H3,(H,16,18). The molecule has 0 aliphatic heterocycles. The molecule has 0 bridgehead atoms. The SMILES string of the molecule is CCNC(=O)c1cc(CNCc2ccccc2)on1. The van der Waals surface area contributed by atoms with E-state index in [2.05, 4.69) is 15.8 Å². The largest absolute Gasteiger partial charge is 0.359 e. The van der Waals surface area contributed by atoms with E-state index in [1.807, 2.05) is 37.3 Å². The molecule has 1 aromatic heterocycles. The fraction of sp³-hybridized carbons (Fsp3) is 0.286. The van der Waals surface area contributed by atoms with Gasteiger partial charge >= 0.3 is 0 Å². The Kier molecular flexibility index (Phi) is 4.69. The van der Waals surface area contributed by atoms with Gasteiger partial charge in [0.1, 0.15) is 0 Å². The predicted octanol–water partition coefficient (Wildman–Crippen LogP) is 1.71. The van der Waals surface area contributed by atoms with Crippen LogP contribution in [0.1, 0.15) is 28.7 Å². The highest BCUT2D eigenvalue weighted by molar-refractivity contribution is 5.92. The molecule has 1 amide bonds. The number of aromatic nitrogens is 1. The molecule has 5 nitrogen and oxygen atoms in total. The summed E-state index contributed by atoms with van der Waals surface area (Å²) in [6, 6.07) is 11.7. The molecule has 0 atom stereocenters. The van der Waals surface area contributed by atoms with Crippen LogP contribution in [0.4, 0.5) is 0 Å². The zero-order valence-corrected chi connectivity index (χ0v) is 10.8. The summed E-state index contributed by atoms with van der Waals surface area (Å²) < 4.78 is 5.10. The minimum Gasteiger partial charge on any atom is -0.359 e. The number of nitrogens with zero attached hydrogens (tertiary/aromatic N) is 1. The topological polar surface area (TPSA) is 67.2 Å². The normalized spacial score (nSPS) is 10.4. The molecule has 2 rings (SSSR count). The molecular weight excluding hydrogens is 242 g/mol. The number of hydrogen-bond donors (Lipinski definition) is 2. The third kappa shape index (κ3) is 3.93. The van der Waals surface area contributed by atoms with Gasteiger partial charge in [0.2, 0.25) is 0 Å². The van der Waals surface area contributed by atoms with Crippen molar-refractivity contribution in [1.82, 2.24) is 15.8 Å². The number of nitrogens with one attached hydrogen (secondary N) is 2. The van der Waals surface area contributed by atoms with E-state index in [1.165, 1.54) is 5.56 Å². The lowest BCUT2D eigenvalue weighted by molar-refractivity contribution is 0.0946. The van der Waals surface area contributed by atoms with Crippen LogP contribution < -0.4 is 10.6 Å². The van der Waals surface area contributed by atoms with E-state index in [0.29, 0.717) is 24.5 Å². The number of hydrogen-bond acceptors (Lipinski definition) is 4. The number of amides is 1. The summed E-state index contributed by atoms with van der Waals surface area (Å²) >= 11 is 0. The van der Waals surface area contributed by atoms with Crippen LogP contribution in [0.3, 0.4) is 0 Å². The molecule has 2 N–H and O–H groups in total. The van der Waals surface area contributed by atoms with E-state index in [4.69, 9.17) is 4.52 Å². The molecule has 1 aromatic carbocycles. The molecule has 0 aliphatic carbocycles. The van der Waals surface area contributed by atoms with Crippen molar-refractivity contribution in [2.75, 3.05) is 6.54 Å². The van der Waals surface area contributed by atoms with E-state index in [9.17, 15) is 4.79 Å². The summed E-state index contributed by atoms with van der Waals surface area (Å²) in [4.78, 5) is 11.5. The highest BCUT2D eigenvalue weighted by Gasteiger charge is 2.10. The second kappa shape index (κ2) is 6.70. The molecule has 1 heterocycles. The molecule has 0 aliphatic rings. The Morgan fingerprint density at radius 1 is 1.26 bits per heavy atom. The number of carbonyl (C=O) groups excluding carboxylic acids is 1. The van der Waals surface area contributed by atoms with E-state index in [1.54, 1.807) is 6.07 Å². The van der Waals surface area contributed by atoms with Gasteiger partial charge in [-0.1, -0.05) is 35.5 Å². The van der Waals surface area contributed by atoms with Crippen molar-refractivity contribution in [3.05, 3.63) is 53.4 Å². The zero-order valence-electron chi connectivity index (χ0n) is 10.8. The van der Waals surface area contributed by atoms with Crippen LogP contribution in [0, 0.1) is 0 Å². The number of carbonyl (C=O) groups is 1. The maximum atomic E-state index is 11.5. The van der Waals surface area contributed by atoms with E-state index >= 15 is 0 Å². The fourth-order valence-corrected chi connectivity index (χ4v) is 1.68. The van der Waals surface area contributed by atoms with Crippen LogP contribution in [-0.2, 0) is 13.1 Å². The van der Waals surface area contributed by atoms with Crippen molar-refractivity contribution < 1.29 is 9.32 Å². The van der Waals surface area contributed by atoms with Gasteiger partial charge in [-0.2, -0.15) is 0 Å². The first-order valence-corrected chi connectivity index (χ1v) is 6.28. The van der Waals surface area contributed by atoms with Crippen LogP contribution >= 0.6 is 0 Å². The van der Waals surface area contributed by atoms with Crippen molar-refractivity contribution in [2.45, 2.75) is 20.0 Å². The minimum atomic E-state index is -0.208. The summed E-state index contributed by atoms with van der Waals surface area (Å²) in [6.07, 6.45) is 0. The molecule has 19 heavy (non-hydrogen) atoms. The van der Waals surface area contributed by atoms with Gasteiger partial charge in [-0.05, 0) is 12.5 Å². The summed E-state index contributed by atoms with van der Waals surface area (Å²) in [5.41, 5.74) is 1.52. The monoisotopic (exact) mass is 259 g/mol. The molecule has 0 saturated heterocycles. The van der Waals surface area contributed by atoms with Crippen molar-refractivity contribution in [1.29, 1.82) is 0 Å². The Labute approximate surface area is 112 Å². The molecule has 2 aromatic rings. The molecule has 0 unspecified atom stereocenters. The molecule has 0 radical (unpaired) electrons. The average molecular weight is 259 g/mol. The fourth-order valence-electron chi connectivity index (χ4n) is 1.68. The first-order chi connectivity index (χ1) is 9.29. The molecule has 0 spiro atoms. The number of rotatable bonds is 6. The second-order valence-electron chi connectivity index (χ2n) is 4.13. The van der Waals surface area contributed by atoms with Crippen molar-refractivity contribution >= 4 is 5.91 Å². The Bertz CT molecular complexity index is 522. The molecular formula is C14H17N3O2. The average Bonchev–Trinajstić information content (AvgIpc) is 2.89. The maximum Gasteiger partial charge on any atom is 0.273 e. The van der Waals surface area contributed by atoms with Crippen LogP contribution in [0.25, 0.3) is 0 Å². The van der Waals surface area contributed by atoms with Gasteiger partial charge in [-0.15, -0.1) is 0 Å². The van der Waals surface area contributed by atoms with E-state index < -0.39 is 0 Å². The maximum absolute atomic E-state index is 11.5. The summed E-state index contributed by atoms with van der Waals surface area (Å²) in [6.45, 7) is 3.73. The summed E-state index contributed by atoms with van der Waals surface area (Å²) in [5, 5.41) is 9.65. The van der Waals surface area contributed by atoms with Gasteiger partial charge in [0, 0.05) is 19.2 Å². The first-order valence-electron chi connectivity index (χ1n) is 6.28. The van der Waals surface area contributed by atoms with Gasteiger partial charge in [-0.25, -0.2) is 0 Å². The first kappa shape index (κ1) is 13.3. The predicted molar refractivity (Wildman–Crippen MR) is 71.5 cm³/mol. The Morgan fingerprint density at radius 2 is 2.05 bits per heavy atom. The molecule has 100 valence electrons. The smallest absolute Gasteiger partial charge is 0.273 e. The second-order valence-corrected chi connectivity index (χ2v) is 4.13. The summed E-state index contributed by atoms with van der Waals surface area (Å²) in [5.74, 6) is 0.442.